The molecular weight excluding hydrogens is 529 g/mol. The highest BCUT2D eigenvalue weighted by molar-refractivity contribution is 6.35. The number of carbonyl (C=O) groups is 2. The molecule has 0 bridgehead atoms. The first-order chi connectivity index (χ1) is 18.3. The highest BCUT2D eigenvalue weighted by Gasteiger charge is 2.25. The van der Waals surface area contributed by atoms with Gasteiger partial charge in [-0.2, -0.15) is 5.10 Å². The fraction of sp³-hybridized carbons (Fsp3) is 0.250. The van der Waals surface area contributed by atoms with Crippen molar-refractivity contribution in [1.82, 2.24) is 10.7 Å². The maximum absolute atomic E-state index is 13.1. The number of halogens is 2. The van der Waals surface area contributed by atoms with Crippen LogP contribution in [0.4, 0.5) is 0 Å². The van der Waals surface area contributed by atoms with E-state index < -0.39 is 24.0 Å². The van der Waals surface area contributed by atoms with Gasteiger partial charge in [-0.1, -0.05) is 59.6 Å². The Kier molecular flexibility index (Phi) is 10.8. The van der Waals surface area contributed by atoms with Crippen molar-refractivity contribution >= 4 is 41.2 Å². The van der Waals surface area contributed by atoms with E-state index >= 15 is 0 Å². The van der Waals surface area contributed by atoms with Crippen molar-refractivity contribution in [3.8, 4) is 17.2 Å². The third-order valence-electron chi connectivity index (χ3n) is 5.38. The minimum atomic E-state index is -0.936. The lowest BCUT2D eigenvalue weighted by Gasteiger charge is -2.21. The summed E-state index contributed by atoms with van der Waals surface area (Å²) in [5.41, 5.74) is 3.99. The molecule has 0 aliphatic heterocycles. The number of para-hydroxylation sites is 1. The van der Waals surface area contributed by atoms with Crippen LogP contribution < -0.4 is 25.0 Å². The van der Waals surface area contributed by atoms with E-state index in [1.165, 1.54) is 12.3 Å². The minimum absolute atomic E-state index is 0.242. The molecule has 2 amide bonds. The summed E-state index contributed by atoms with van der Waals surface area (Å²) < 4.78 is 16.7. The van der Waals surface area contributed by atoms with Crippen molar-refractivity contribution in [2.24, 2.45) is 5.10 Å². The highest BCUT2D eigenvalue weighted by atomic mass is 35.5. The van der Waals surface area contributed by atoms with Gasteiger partial charge in [0, 0.05) is 17.0 Å². The van der Waals surface area contributed by atoms with Gasteiger partial charge in [-0.15, -0.1) is 0 Å². The van der Waals surface area contributed by atoms with E-state index in [4.69, 9.17) is 37.4 Å². The monoisotopic (exact) mass is 557 g/mol. The van der Waals surface area contributed by atoms with Crippen LogP contribution in [0, 0.1) is 0 Å². The summed E-state index contributed by atoms with van der Waals surface area (Å²) in [7, 11) is 1.54. The lowest BCUT2D eigenvalue weighted by molar-refractivity contribution is -0.132. The maximum atomic E-state index is 13.1. The average Bonchev–Trinajstić information content (AvgIpc) is 2.91. The van der Waals surface area contributed by atoms with Gasteiger partial charge in [-0.05, 0) is 49.7 Å². The molecule has 3 rings (SSSR count). The molecule has 0 radical (unpaired) electrons. The van der Waals surface area contributed by atoms with Gasteiger partial charge in [0.05, 0.1) is 25.0 Å². The van der Waals surface area contributed by atoms with Crippen molar-refractivity contribution in [2.75, 3.05) is 13.7 Å². The standard InChI is InChI=1S/C28H29Cl2N3O5/c1-4-37-26-20(11-8-12-25(26)36-3)17-31-33-28(35)23(15-19-9-6-5-7-10-19)32-27(34)18(2)38-24-14-13-21(29)16-22(24)30/h5-14,16-18,23H,4,15H2,1-3H3,(H,32,34)(H,33,35)/b31-17-/t18-,23-/m0/s1. The minimum Gasteiger partial charge on any atom is -0.493 e. The molecule has 2 atom stereocenters. The van der Waals surface area contributed by atoms with Crippen molar-refractivity contribution in [3.63, 3.8) is 0 Å². The zero-order chi connectivity index (χ0) is 27.5. The molecule has 3 aromatic carbocycles. The largest absolute Gasteiger partial charge is 0.493 e. The summed E-state index contributed by atoms with van der Waals surface area (Å²) in [5, 5.41) is 7.56. The molecule has 0 aromatic heterocycles. The Hall–Kier alpha value is -3.75. The van der Waals surface area contributed by atoms with Crippen LogP contribution in [0.3, 0.4) is 0 Å². The van der Waals surface area contributed by atoms with E-state index in [0.29, 0.717) is 34.4 Å². The first-order valence-corrected chi connectivity index (χ1v) is 12.7. The van der Waals surface area contributed by atoms with Crippen LogP contribution in [0.5, 0.6) is 17.2 Å². The molecule has 38 heavy (non-hydrogen) atoms. The van der Waals surface area contributed by atoms with Crippen LogP contribution in [0.25, 0.3) is 0 Å². The quantitative estimate of drug-likeness (QED) is 0.240. The zero-order valence-corrected chi connectivity index (χ0v) is 22.8. The van der Waals surface area contributed by atoms with Crippen LogP contribution in [-0.4, -0.2) is 43.9 Å². The van der Waals surface area contributed by atoms with E-state index in [1.54, 1.807) is 44.4 Å². The van der Waals surface area contributed by atoms with E-state index in [-0.39, 0.29) is 11.4 Å². The average molecular weight is 558 g/mol. The van der Waals surface area contributed by atoms with Gasteiger partial charge in [0.1, 0.15) is 11.8 Å². The third-order valence-corrected chi connectivity index (χ3v) is 5.91. The third kappa shape index (κ3) is 8.13. The molecule has 3 aromatic rings. The topological polar surface area (TPSA) is 98.2 Å². The maximum Gasteiger partial charge on any atom is 0.262 e. The van der Waals surface area contributed by atoms with Gasteiger partial charge in [-0.3, -0.25) is 9.59 Å². The molecule has 8 nitrogen and oxygen atoms in total. The number of methoxy groups -OCH3 is 1. The predicted octanol–water partition coefficient (Wildman–Crippen LogP) is 5.05. The molecule has 0 unspecified atom stereocenters. The zero-order valence-electron chi connectivity index (χ0n) is 21.2. The number of hydrogen-bond acceptors (Lipinski definition) is 6. The van der Waals surface area contributed by atoms with Crippen molar-refractivity contribution in [3.05, 3.63) is 87.9 Å². The van der Waals surface area contributed by atoms with Crippen molar-refractivity contribution in [1.29, 1.82) is 0 Å². The van der Waals surface area contributed by atoms with E-state index in [0.717, 1.165) is 5.56 Å². The Morgan fingerprint density at radius 2 is 1.76 bits per heavy atom. The van der Waals surface area contributed by atoms with Crippen LogP contribution in [0.15, 0.2) is 71.8 Å². The Morgan fingerprint density at radius 3 is 2.45 bits per heavy atom. The molecule has 0 fully saturated rings. The smallest absolute Gasteiger partial charge is 0.262 e. The summed E-state index contributed by atoms with van der Waals surface area (Å²) in [6.45, 7) is 3.85. The number of carbonyl (C=O) groups excluding carboxylic acids is 2. The predicted molar refractivity (Wildman–Crippen MR) is 149 cm³/mol. The fourth-order valence-corrected chi connectivity index (χ4v) is 3.95. The number of hydrazone groups is 1. The summed E-state index contributed by atoms with van der Waals surface area (Å²) in [4.78, 5) is 26.1. The molecule has 2 N–H and O–H groups in total. The first kappa shape index (κ1) is 28.8. The normalized spacial score (nSPS) is 12.4. The fourth-order valence-electron chi connectivity index (χ4n) is 3.50. The van der Waals surface area contributed by atoms with Gasteiger partial charge in [-0.25, -0.2) is 5.43 Å². The molecule has 10 heteroatoms. The van der Waals surface area contributed by atoms with Gasteiger partial charge in [0.15, 0.2) is 17.6 Å². The number of hydrogen-bond donors (Lipinski definition) is 2. The first-order valence-electron chi connectivity index (χ1n) is 11.9. The van der Waals surface area contributed by atoms with Crippen molar-refractivity contribution in [2.45, 2.75) is 32.4 Å². The van der Waals surface area contributed by atoms with Gasteiger partial charge >= 0.3 is 0 Å². The summed E-state index contributed by atoms with van der Waals surface area (Å²) in [6, 6.07) is 18.4. The highest BCUT2D eigenvalue weighted by Crippen LogP contribution is 2.30. The van der Waals surface area contributed by atoms with Gasteiger partial charge < -0.3 is 19.5 Å². The second kappa shape index (κ2) is 14.3. The summed E-state index contributed by atoms with van der Waals surface area (Å²) in [5.74, 6) is 0.358. The Bertz CT molecular complexity index is 1270. The molecule has 0 aliphatic rings. The summed E-state index contributed by atoms with van der Waals surface area (Å²) >= 11 is 12.1. The molecule has 0 saturated carbocycles. The number of ether oxygens (including phenoxy) is 3. The van der Waals surface area contributed by atoms with Crippen LogP contribution in [-0.2, 0) is 16.0 Å². The molecule has 0 aliphatic carbocycles. The molecule has 0 spiro atoms. The van der Waals surface area contributed by atoms with Gasteiger partial charge in [0.25, 0.3) is 11.8 Å². The molecular formula is C28H29Cl2N3O5. The number of nitrogens with zero attached hydrogens (tertiary/aromatic N) is 1. The second-order valence-corrected chi connectivity index (χ2v) is 8.98. The second-order valence-electron chi connectivity index (χ2n) is 8.13. The molecule has 0 heterocycles. The lowest BCUT2D eigenvalue weighted by Crippen LogP contribution is -2.50. The number of benzene rings is 3. The number of amides is 2. The van der Waals surface area contributed by atoms with Gasteiger partial charge in [0.2, 0.25) is 0 Å². The van der Waals surface area contributed by atoms with Crippen LogP contribution in [0.2, 0.25) is 10.0 Å². The SMILES string of the molecule is CCOc1c(/C=N\NC(=O)[C@H](Cc2ccccc2)NC(=O)[C@H](C)Oc2ccc(Cl)cc2Cl)cccc1OC. The summed E-state index contributed by atoms with van der Waals surface area (Å²) in [6.07, 6.45) is 0.765. The number of rotatable bonds is 12. The van der Waals surface area contributed by atoms with Crippen molar-refractivity contribution < 1.29 is 23.8 Å². The van der Waals surface area contributed by atoms with E-state index in [9.17, 15) is 9.59 Å². The number of nitrogens with one attached hydrogen (secondary N) is 2. The van der Waals surface area contributed by atoms with E-state index in [2.05, 4.69) is 15.8 Å². The Morgan fingerprint density at radius 1 is 1.00 bits per heavy atom. The van der Waals surface area contributed by atoms with Crippen LogP contribution >= 0.6 is 23.2 Å². The van der Waals surface area contributed by atoms with Crippen LogP contribution in [0.1, 0.15) is 25.0 Å². The molecule has 200 valence electrons. The Labute approximate surface area is 231 Å². The molecule has 0 saturated heterocycles. The van der Waals surface area contributed by atoms with E-state index in [1.807, 2.05) is 37.3 Å². The lowest BCUT2D eigenvalue weighted by atomic mass is 10.1. The Balaban J connectivity index is 1.73.